The fourth-order valence-electron chi connectivity index (χ4n) is 9.95. The molecule has 0 spiro atoms. The van der Waals surface area contributed by atoms with Gasteiger partial charge in [-0.2, -0.15) is 0 Å². The number of esters is 4. The summed E-state index contributed by atoms with van der Waals surface area (Å²) >= 11 is 0. The van der Waals surface area contributed by atoms with Crippen LogP contribution in [0.15, 0.2) is 158 Å². The van der Waals surface area contributed by atoms with E-state index in [1.807, 2.05) is 18.2 Å². The number of phosphoric acid groups is 2. The van der Waals surface area contributed by atoms with Gasteiger partial charge < -0.3 is 33.8 Å². The molecule has 0 bridgehead atoms. The lowest BCUT2D eigenvalue weighted by Gasteiger charge is -2.21. The van der Waals surface area contributed by atoms with Gasteiger partial charge in [0.1, 0.15) is 19.3 Å². The van der Waals surface area contributed by atoms with E-state index in [-0.39, 0.29) is 25.7 Å². The van der Waals surface area contributed by atoms with E-state index < -0.39 is 97.5 Å². The molecule has 0 fully saturated rings. The van der Waals surface area contributed by atoms with Crippen LogP contribution in [0.1, 0.15) is 297 Å². The summed E-state index contributed by atoms with van der Waals surface area (Å²) in [5.41, 5.74) is 0. The number of carbonyl (C=O) groups excluding carboxylic acids is 4. The van der Waals surface area contributed by atoms with Gasteiger partial charge in [-0.25, -0.2) is 9.13 Å². The second kappa shape index (κ2) is 75.9. The third kappa shape index (κ3) is 74.9. The SMILES string of the molecule is CC/C=C\C/C=C\C/C=C\C/C=C\C/C=C\C/C=C\CCC(=O)OCC(COP(=O)(O)OCC(O)COP(=O)(O)OCC(COC(=O)CCCCCCCC/C=C\C/C=C\C/C=C\CCCCC)OC(=O)CCCCCCC/C=C\C/C=C\C/C=C\CC)OC(=O)CCCCCCC/C=C\CCCC. The predicted molar refractivity (Wildman–Crippen MR) is 427 cm³/mol. The summed E-state index contributed by atoms with van der Waals surface area (Å²) in [4.78, 5) is 72.9. The maximum atomic E-state index is 13.1. The first kappa shape index (κ1) is 98.7. The van der Waals surface area contributed by atoms with E-state index in [1.54, 1.807) is 0 Å². The lowest BCUT2D eigenvalue weighted by Crippen LogP contribution is -2.30. The maximum Gasteiger partial charge on any atom is 0.472 e. The van der Waals surface area contributed by atoms with E-state index in [9.17, 15) is 43.2 Å². The van der Waals surface area contributed by atoms with Crippen LogP contribution in [0.2, 0.25) is 0 Å². The van der Waals surface area contributed by atoms with E-state index in [0.29, 0.717) is 32.1 Å². The maximum absolute atomic E-state index is 13.1. The van der Waals surface area contributed by atoms with Crippen molar-refractivity contribution in [3.8, 4) is 0 Å². The van der Waals surface area contributed by atoms with Crippen molar-refractivity contribution in [3.05, 3.63) is 158 Å². The third-order valence-corrected chi connectivity index (χ3v) is 17.9. The molecule has 0 aromatic rings. The molecule has 0 aromatic carbocycles. The molecule has 0 aliphatic rings. The van der Waals surface area contributed by atoms with Gasteiger partial charge in [-0.15, -0.1) is 0 Å². The second-order valence-corrected chi connectivity index (χ2v) is 28.8. The van der Waals surface area contributed by atoms with Gasteiger partial charge in [0.15, 0.2) is 12.2 Å². The van der Waals surface area contributed by atoms with Crippen LogP contribution in [0, 0.1) is 0 Å². The molecule has 0 radical (unpaired) electrons. The molecule has 0 amide bonds. The minimum absolute atomic E-state index is 0.0299. The Bertz CT molecular complexity index is 2590. The third-order valence-electron chi connectivity index (χ3n) is 16.0. The summed E-state index contributed by atoms with van der Waals surface area (Å²) in [6.07, 6.45) is 88.2. The number of rotatable bonds is 73. The quantitative estimate of drug-likeness (QED) is 0.0169. The minimum atomic E-state index is -5.00. The highest BCUT2D eigenvalue weighted by atomic mass is 31.2. The number of phosphoric ester groups is 2. The Labute approximate surface area is 629 Å². The molecule has 0 aromatic heterocycles. The van der Waals surface area contributed by atoms with E-state index in [4.69, 9.17) is 37.0 Å². The molecule has 104 heavy (non-hydrogen) atoms. The fourth-order valence-corrected chi connectivity index (χ4v) is 11.5. The number of allylic oxidation sites excluding steroid dienone is 26. The van der Waals surface area contributed by atoms with Gasteiger partial charge in [0.2, 0.25) is 0 Å². The van der Waals surface area contributed by atoms with Crippen molar-refractivity contribution in [1.82, 2.24) is 0 Å². The monoisotopic (exact) mass is 1490 g/mol. The number of ether oxygens (including phenoxy) is 4. The zero-order valence-corrected chi connectivity index (χ0v) is 66.4. The molecule has 0 heterocycles. The van der Waals surface area contributed by atoms with Crippen LogP contribution >= 0.6 is 15.6 Å². The summed E-state index contributed by atoms with van der Waals surface area (Å²) in [7, 11) is -10.00. The first-order valence-corrected chi connectivity index (χ1v) is 42.7. The molecular formula is C85H140O17P2. The van der Waals surface area contributed by atoms with E-state index in [1.165, 1.54) is 25.7 Å². The van der Waals surface area contributed by atoms with Crippen LogP contribution in [0.25, 0.3) is 0 Å². The van der Waals surface area contributed by atoms with Gasteiger partial charge in [-0.1, -0.05) is 276 Å². The number of hydrogen-bond acceptors (Lipinski definition) is 15. The summed E-state index contributed by atoms with van der Waals surface area (Å²) in [5, 5.41) is 10.6. The van der Waals surface area contributed by atoms with Crippen molar-refractivity contribution < 1.29 is 80.2 Å². The molecule has 0 aliphatic carbocycles. The molecule has 592 valence electrons. The largest absolute Gasteiger partial charge is 0.472 e. The van der Waals surface area contributed by atoms with E-state index in [0.717, 1.165) is 186 Å². The number of aliphatic hydroxyl groups is 1. The summed E-state index contributed by atoms with van der Waals surface area (Å²) in [6.45, 7) is 4.44. The van der Waals surface area contributed by atoms with Crippen molar-refractivity contribution in [2.45, 2.75) is 316 Å². The average molecular weight is 1500 g/mol. The minimum Gasteiger partial charge on any atom is -0.462 e. The smallest absolute Gasteiger partial charge is 0.462 e. The van der Waals surface area contributed by atoms with E-state index in [2.05, 4.69) is 167 Å². The molecule has 19 heteroatoms. The molecule has 0 rings (SSSR count). The topological polar surface area (TPSA) is 237 Å². The van der Waals surface area contributed by atoms with Crippen molar-refractivity contribution in [2.24, 2.45) is 0 Å². The number of hydrogen-bond donors (Lipinski definition) is 3. The van der Waals surface area contributed by atoms with Gasteiger partial charge in [-0.05, 0) is 154 Å². The Morgan fingerprint density at radius 2 is 0.529 bits per heavy atom. The standard InChI is InChI=1S/C85H140O17P2/c1-5-9-13-17-21-25-29-32-35-37-39-41-44-46-50-53-57-61-65-69-82(87)95-75-80(101-84(89)71-67-63-59-55-49-28-24-20-16-12-8-4)77-99-103(91,92)97-73-79(86)74-98-104(93,94)100-78-81(102-85(90)72-68-64-60-56-52-48-43-34-31-27-23-19-15-11-7-3)76-96-83(88)70-66-62-58-54-51-47-45-42-40-38-36-33-30-26-22-18-14-10-6-2/h9,11,13,15,20-27,32-36,39-43,46,50,57,61,79-81,86H,5-8,10,12,14,16-19,28-31,37-38,44-45,47-49,51-56,58-60,62-78H2,1-4H3,(H,91,92)(H,93,94)/b13-9-,15-11-,24-20-,25-21-,26-22-,27-23-,35-32-,36-33-,41-39-,42-40-,43-34-,50-46-,61-57-. The Morgan fingerprint density at radius 1 is 0.279 bits per heavy atom. The summed E-state index contributed by atoms with van der Waals surface area (Å²) in [6, 6.07) is 0. The summed E-state index contributed by atoms with van der Waals surface area (Å²) < 4.78 is 68.4. The average Bonchev–Trinajstić information content (AvgIpc) is 0.931. The van der Waals surface area contributed by atoms with Crippen molar-refractivity contribution in [3.63, 3.8) is 0 Å². The molecule has 0 saturated carbocycles. The lowest BCUT2D eigenvalue weighted by atomic mass is 10.1. The normalized spacial score (nSPS) is 14.7. The first-order valence-electron chi connectivity index (χ1n) is 39.7. The molecule has 5 atom stereocenters. The lowest BCUT2D eigenvalue weighted by molar-refractivity contribution is -0.161. The Morgan fingerprint density at radius 3 is 0.865 bits per heavy atom. The number of unbranched alkanes of at least 4 members (excludes halogenated alkanes) is 21. The second-order valence-electron chi connectivity index (χ2n) is 25.9. The predicted octanol–water partition coefficient (Wildman–Crippen LogP) is 23.2. The van der Waals surface area contributed by atoms with Crippen LogP contribution in [-0.2, 0) is 65.4 Å². The Kier molecular flexibility index (Phi) is 72.0. The van der Waals surface area contributed by atoms with Gasteiger partial charge in [0, 0.05) is 25.7 Å². The summed E-state index contributed by atoms with van der Waals surface area (Å²) in [5.74, 6) is -2.32. The number of aliphatic hydroxyl groups excluding tert-OH is 1. The van der Waals surface area contributed by atoms with Crippen LogP contribution < -0.4 is 0 Å². The molecule has 5 unspecified atom stereocenters. The van der Waals surface area contributed by atoms with Gasteiger partial charge in [0.25, 0.3) is 0 Å². The van der Waals surface area contributed by atoms with Crippen molar-refractivity contribution in [1.29, 1.82) is 0 Å². The highest BCUT2D eigenvalue weighted by Gasteiger charge is 2.30. The molecule has 0 saturated heterocycles. The Balaban J connectivity index is 5.41. The van der Waals surface area contributed by atoms with Gasteiger partial charge in [0.05, 0.1) is 26.4 Å². The van der Waals surface area contributed by atoms with E-state index >= 15 is 0 Å². The zero-order chi connectivity index (χ0) is 76.0. The molecule has 17 nitrogen and oxygen atoms in total. The molecular weight excluding hydrogens is 1350 g/mol. The highest BCUT2D eigenvalue weighted by Crippen LogP contribution is 2.45. The first-order chi connectivity index (χ1) is 50.7. The van der Waals surface area contributed by atoms with Crippen molar-refractivity contribution in [2.75, 3.05) is 39.6 Å². The van der Waals surface area contributed by atoms with Crippen molar-refractivity contribution >= 4 is 39.5 Å². The van der Waals surface area contributed by atoms with Gasteiger partial charge >= 0.3 is 39.5 Å². The van der Waals surface area contributed by atoms with Crippen LogP contribution in [0.4, 0.5) is 0 Å². The molecule has 3 N–H and O–H groups in total. The zero-order valence-electron chi connectivity index (χ0n) is 64.6. The van der Waals surface area contributed by atoms with Crippen LogP contribution in [0.3, 0.4) is 0 Å². The van der Waals surface area contributed by atoms with Gasteiger partial charge in [-0.3, -0.25) is 37.3 Å². The Hall–Kier alpha value is -5.32. The van der Waals surface area contributed by atoms with Crippen LogP contribution in [-0.4, -0.2) is 96.7 Å². The molecule has 0 aliphatic heterocycles. The van der Waals surface area contributed by atoms with Crippen LogP contribution in [0.5, 0.6) is 0 Å². The highest BCUT2D eigenvalue weighted by molar-refractivity contribution is 7.47. The fraction of sp³-hybridized carbons (Fsp3) is 0.647. The number of carbonyl (C=O) groups is 4.